The standard InChI is InChI=1S/C20H19N5O2/c1-14-12-21-23-25(14)18-9-7-16(8-10-18)22-20(27)15-11-19(26)24(13-15)17-5-3-2-4-6-17/h2-10,12,15H,11,13H2,1H3,(H,22,27)/t15-/m0/s1. The van der Waals surface area contributed by atoms with Crippen LogP contribution in [0.4, 0.5) is 11.4 Å². The number of benzene rings is 2. The summed E-state index contributed by atoms with van der Waals surface area (Å²) in [4.78, 5) is 26.5. The predicted molar refractivity (Wildman–Crippen MR) is 102 cm³/mol. The van der Waals surface area contributed by atoms with Crippen molar-refractivity contribution in [2.24, 2.45) is 5.92 Å². The lowest BCUT2D eigenvalue weighted by Gasteiger charge is -2.16. The quantitative estimate of drug-likeness (QED) is 0.774. The van der Waals surface area contributed by atoms with Crippen LogP contribution in [0.5, 0.6) is 0 Å². The van der Waals surface area contributed by atoms with Crippen molar-refractivity contribution in [2.75, 3.05) is 16.8 Å². The molecule has 1 fully saturated rings. The molecule has 2 heterocycles. The van der Waals surface area contributed by atoms with Gasteiger partial charge < -0.3 is 10.2 Å². The normalized spacial score (nSPS) is 16.6. The second-order valence-corrected chi connectivity index (χ2v) is 6.56. The van der Waals surface area contributed by atoms with Crippen LogP contribution in [0, 0.1) is 12.8 Å². The van der Waals surface area contributed by atoms with E-state index in [1.54, 1.807) is 15.8 Å². The van der Waals surface area contributed by atoms with E-state index in [9.17, 15) is 9.59 Å². The first kappa shape index (κ1) is 17.0. The number of rotatable bonds is 4. The Kier molecular flexibility index (Phi) is 4.42. The summed E-state index contributed by atoms with van der Waals surface area (Å²) in [6.45, 7) is 2.32. The summed E-state index contributed by atoms with van der Waals surface area (Å²) < 4.78 is 1.72. The first-order valence-corrected chi connectivity index (χ1v) is 8.76. The highest BCUT2D eigenvalue weighted by Crippen LogP contribution is 2.26. The van der Waals surface area contributed by atoms with E-state index in [1.165, 1.54) is 0 Å². The highest BCUT2D eigenvalue weighted by Gasteiger charge is 2.35. The Labute approximate surface area is 156 Å². The number of nitrogens with one attached hydrogen (secondary N) is 1. The zero-order chi connectivity index (χ0) is 18.8. The molecule has 7 nitrogen and oxygen atoms in total. The molecule has 3 aromatic rings. The van der Waals surface area contributed by atoms with E-state index in [0.29, 0.717) is 12.2 Å². The van der Waals surface area contributed by atoms with Gasteiger partial charge >= 0.3 is 0 Å². The maximum atomic E-state index is 12.6. The number of hydrogen-bond acceptors (Lipinski definition) is 4. The second-order valence-electron chi connectivity index (χ2n) is 6.56. The van der Waals surface area contributed by atoms with Gasteiger partial charge in [-0.2, -0.15) is 0 Å². The SMILES string of the molecule is Cc1cnnn1-c1ccc(NC(=O)[C@H]2CC(=O)N(c3ccccc3)C2)cc1. The molecule has 1 aliphatic heterocycles. The summed E-state index contributed by atoms with van der Waals surface area (Å²) in [5, 5.41) is 10.8. The molecule has 0 unspecified atom stereocenters. The predicted octanol–water partition coefficient (Wildman–Crippen LogP) is 2.57. The van der Waals surface area contributed by atoms with Gasteiger partial charge in [-0.15, -0.1) is 5.10 Å². The van der Waals surface area contributed by atoms with E-state index >= 15 is 0 Å². The van der Waals surface area contributed by atoms with Crippen LogP contribution >= 0.6 is 0 Å². The van der Waals surface area contributed by atoms with Gasteiger partial charge in [0.15, 0.2) is 0 Å². The molecule has 1 N–H and O–H groups in total. The molecule has 1 saturated heterocycles. The summed E-state index contributed by atoms with van der Waals surface area (Å²) in [6.07, 6.45) is 1.91. The van der Waals surface area contributed by atoms with Gasteiger partial charge in [0.05, 0.1) is 23.5 Å². The van der Waals surface area contributed by atoms with Crippen molar-refractivity contribution < 1.29 is 9.59 Å². The van der Waals surface area contributed by atoms with Gasteiger partial charge in [-0.1, -0.05) is 23.4 Å². The van der Waals surface area contributed by atoms with Crippen LogP contribution in [-0.2, 0) is 9.59 Å². The summed E-state index contributed by atoms with van der Waals surface area (Å²) in [7, 11) is 0. The van der Waals surface area contributed by atoms with Gasteiger partial charge in [0.2, 0.25) is 11.8 Å². The minimum Gasteiger partial charge on any atom is -0.326 e. The van der Waals surface area contributed by atoms with Gasteiger partial charge in [0.25, 0.3) is 0 Å². The van der Waals surface area contributed by atoms with Crippen LogP contribution in [0.1, 0.15) is 12.1 Å². The average molecular weight is 361 g/mol. The number of carbonyl (C=O) groups excluding carboxylic acids is 2. The topological polar surface area (TPSA) is 80.1 Å². The molecule has 0 bridgehead atoms. The summed E-state index contributed by atoms with van der Waals surface area (Å²) in [5.74, 6) is -0.542. The molecule has 2 amide bonds. The third kappa shape index (κ3) is 3.44. The van der Waals surface area contributed by atoms with E-state index in [1.807, 2.05) is 61.5 Å². The third-order valence-corrected chi connectivity index (χ3v) is 4.66. The number of aromatic nitrogens is 3. The smallest absolute Gasteiger partial charge is 0.229 e. The van der Waals surface area contributed by atoms with Gasteiger partial charge in [-0.3, -0.25) is 9.59 Å². The monoisotopic (exact) mass is 361 g/mol. The number of aryl methyl sites for hydroxylation is 1. The maximum absolute atomic E-state index is 12.6. The van der Waals surface area contributed by atoms with Crippen LogP contribution in [0.2, 0.25) is 0 Å². The van der Waals surface area contributed by atoms with E-state index in [4.69, 9.17) is 0 Å². The molecular formula is C20H19N5O2. The molecule has 0 aliphatic carbocycles. The Balaban J connectivity index is 1.42. The fourth-order valence-corrected chi connectivity index (χ4v) is 3.21. The van der Waals surface area contributed by atoms with E-state index in [-0.39, 0.29) is 24.2 Å². The summed E-state index contributed by atoms with van der Waals surface area (Å²) in [6, 6.07) is 16.8. The van der Waals surface area contributed by atoms with Crippen LogP contribution in [-0.4, -0.2) is 33.4 Å². The lowest BCUT2D eigenvalue weighted by atomic mass is 10.1. The Morgan fingerprint density at radius 2 is 1.81 bits per heavy atom. The van der Waals surface area contributed by atoms with Gasteiger partial charge in [-0.25, -0.2) is 4.68 Å². The highest BCUT2D eigenvalue weighted by molar-refractivity contribution is 6.03. The number of hydrogen-bond donors (Lipinski definition) is 1. The Bertz CT molecular complexity index is 966. The van der Waals surface area contributed by atoms with E-state index in [2.05, 4.69) is 15.6 Å². The summed E-state index contributed by atoms with van der Waals surface area (Å²) in [5.41, 5.74) is 3.31. The minimum absolute atomic E-state index is 0.0293. The molecule has 0 radical (unpaired) electrons. The van der Waals surface area contributed by atoms with Gasteiger partial charge in [-0.05, 0) is 43.3 Å². The van der Waals surface area contributed by atoms with Crippen molar-refractivity contribution >= 4 is 23.2 Å². The van der Waals surface area contributed by atoms with Crippen molar-refractivity contribution in [3.8, 4) is 5.69 Å². The molecule has 7 heteroatoms. The molecule has 1 aliphatic rings. The van der Waals surface area contributed by atoms with Gasteiger partial charge in [0.1, 0.15) is 0 Å². The molecule has 1 aromatic heterocycles. The first-order valence-electron chi connectivity index (χ1n) is 8.76. The third-order valence-electron chi connectivity index (χ3n) is 4.66. The molecular weight excluding hydrogens is 342 g/mol. The zero-order valence-corrected chi connectivity index (χ0v) is 14.9. The molecule has 136 valence electrons. The lowest BCUT2D eigenvalue weighted by Crippen LogP contribution is -2.28. The molecule has 1 atom stereocenters. The van der Waals surface area contributed by atoms with E-state index < -0.39 is 0 Å². The number of para-hydroxylation sites is 1. The average Bonchev–Trinajstić information content (AvgIpc) is 3.29. The van der Waals surface area contributed by atoms with Crippen molar-refractivity contribution in [3.63, 3.8) is 0 Å². The van der Waals surface area contributed by atoms with Crippen LogP contribution in [0.15, 0.2) is 60.8 Å². The Morgan fingerprint density at radius 3 is 2.48 bits per heavy atom. The first-order chi connectivity index (χ1) is 13.1. The largest absolute Gasteiger partial charge is 0.326 e. The maximum Gasteiger partial charge on any atom is 0.229 e. The van der Waals surface area contributed by atoms with Crippen LogP contribution < -0.4 is 10.2 Å². The number of amides is 2. The van der Waals surface area contributed by atoms with Crippen molar-refractivity contribution in [1.29, 1.82) is 0 Å². The molecule has 27 heavy (non-hydrogen) atoms. The Hall–Kier alpha value is -3.48. The molecule has 2 aromatic carbocycles. The second kappa shape index (κ2) is 7.03. The van der Waals surface area contributed by atoms with E-state index in [0.717, 1.165) is 17.1 Å². The van der Waals surface area contributed by atoms with Gasteiger partial charge in [0, 0.05) is 24.3 Å². The van der Waals surface area contributed by atoms with Crippen LogP contribution in [0.25, 0.3) is 5.69 Å². The zero-order valence-electron chi connectivity index (χ0n) is 14.9. The molecule has 0 saturated carbocycles. The minimum atomic E-state index is -0.366. The Morgan fingerprint density at radius 1 is 1.07 bits per heavy atom. The molecule has 0 spiro atoms. The number of nitrogens with zero attached hydrogens (tertiary/aromatic N) is 4. The van der Waals surface area contributed by atoms with Crippen molar-refractivity contribution in [3.05, 3.63) is 66.5 Å². The fourth-order valence-electron chi connectivity index (χ4n) is 3.21. The molecule has 4 rings (SSSR count). The van der Waals surface area contributed by atoms with Crippen LogP contribution in [0.3, 0.4) is 0 Å². The summed E-state index contributed by atoms with van der Waals surface area (Å²) >= 11 is 0. The fraction of sp³-hybridized carbons (Fsp3) is 0.200. The van der Waals surface area contributed by atoms with Crippen molar-refractivity contribution in [2.45, 2.75) is 13.3 Å². The highest BCUT2D eigenvalue weighted by atomic mass is 16.2. The van der Waals surface area contributed by atoms with Crippen molar-refractivity contribution in [1.82, 2.24) is 15.0 Å². The number of anilines is 2. The number of carbonyl (C=O) groups is 2. The lowest BCUT2D eigenvalue weighted by molar-refractivity contribution is -0.122.